The molecule has 1 nitrogen and oxygen atoms in total. The van der Waals surface area contributed by atoms with Crippen LogP contribution in [0.4, 0.5) is 0 Å². The topological polar surface area (TPSA) is 17.1 Å². The number of rotatable bonds is 3. The number of carbonyl (C=O) groups excluding carboxylic acids is 1. The molecule has 0 radical (unpaired) electrons. The largest absolute Gasteiger partial charge is 0.299 e. The van der Waals surface area contributed by atoms with Gasteiger partial charge in [-0.25, -0.2) is 0 Å². The molecule has 3 heteroatoms. The average Bonchev–Trinajstić information content (AvgIpc) is 2.22. The molecule has 0 fully saturated rings. The quantitative estimate of drug-likeness (QED) is 0.734. The van der Waals surface area contributed by atoms with Crippen LogP contribution in [0.5, 0.6) is 0 Å². The van der Waals surface area contributed by atoms with E-state index in [1.807, 2.05) is 0 Å². The molecule has 1 aromatic rings. The summed E-state index contributed by atoms with van der Waals surface area (Å²) >= 11 is 7.00. The van der Waals surface area contributed by atoms with Gasteiger partial charge in [0.25, 0.3) is 0 Å². The summed E-state index contributed by atoms with van der Waals surface area (Å²) in [5, 5.41) is 0. The van der Waals surface area contributed by atoms with Gasteiger partial charge in [-0.15, -0.1) is 0 Å². The summed E-state index contributed by atoms with van der Waals surface area (Å²) in [5.74, 6) is 0.369. The van der Waals surface area contributed by atoms with Gasteiger partial charge in [-0.3, -0.25) is 4.79 Å². The van der Waals surface area contributed by atoms with Crippen LogP contribution in [0.1, 0.15) is 36.5 Å². The van der Waals surface area contributed by atoms with Gasteiger partial charge in [0.15, 0.2) is 0 Å². The molecule has 0 heterocycles. The van der Waals surface area contributed by atoms with E-state index >= 15 is 0 Å². The highest BCUT2D eigenvalue weighted by molar-refractivity contribution is 9.10. The minimum absolute atomic E-state index is 0.104. The second-order valence-corrected chi connectivity index (χ2v) is 6.05. The van der Waals surface area contributed by atoms with Crippen LogP contribution < -0.4 is 0 Å². The van der Waals surface area contributed by atoms with E-state index in [2.05, 4.69) is 64.8 Å². The average molecular weight is 348 g/mol. The molecule has 0 bridgehead atoms. The number of Topliss-reactive ketones (excluding diaryl/α,β-unsaturated/α-hetero) is 1. The minimum Gasteiger partial charge on any atom is -0.299 e. The highest BCUT2D eigenvalue weighted by Crippen LogP contribution is 2.30. The first-order valence-corrected chi connectivity index (χ1v) is 6.96. The Balaban J connectivity index is 3.10. The van der Waals surface area contributed by atoms with Gasteiger partial charge in [0.2, 0.25) is 0 Å². The van der Waals surface area contributed by atoms with Crippen LogP contribution in [0, 0.1) is 13.8 Å². The predicted molar refractivity (Wildman–Crippen MR) is 75.4 cm³/mol. The molecule has 0 saturated heterocycles. The molecule has 1 aromatic carbocycles. The Labute approximate surface area is 114 Å². The van der Waals surface area contributed by atoms with Crippen LogP contribution in [-0.4, -0.2) is 10.6 Å². The Morgan fingerprint density at radius 3 is 2.06 bits per heavy atom. The van der Waals surface area contributed by atoms with Crippen molar-refractivity contribution < 1.29 is 4.79 Å². The molecule has 0 aromatic heterocycles. The summed E-state index contributed by atoms with van der Waals surface area (Å²) < 4.78 is 1.15. The number of aryl methyl sites for hydroxylation is 2. The van der Waals surface area contributed by atoms with E-state index in [4.69, 9.17) is 0 Å². The van der Waals surface area contributed by atoms with Crippen molar-refractivity contribution in [1.82, 2.24) is 0 Å². The lowest BCUT2D eigenvalue weighted by Crippen LogP contribution is -2.17. The second kappa shape index (κ2) is 5.46. The fourth-order valence-corrected chi connectivity index (χ4v) is 2.30. The summed E-state index contributed by atoms with van der Waals surface area (Å²) in [6, 6.07) is 4.28. The van der Waals surface area contributed by atoms with Gasteiger partial charge in [0.1, 0.15) is 5.78 Å². The zero-order valence-electron chi connectivity index (χ0n) is 9.97. The molecule has 1 rings (SSSR count). The first-order valence-electron chi connectivity index (χ1n) is 5.25. The molecule has 0 aliphatic carbocycles. The van der Waals surface area contributed by atoms with E-state index in [0.29, 0.717) is 0 Å². The van der Waals surface area contributed by atoms with Gasteiger partial charge in [-0.05, 0) is 37.5 Å². The molecule has 0 amide bonds. The Morgan fingerprint density at radius 1 is 1.25 bits per heavy atom. The minimum atomic E-state index is -0.104. The van der Waals surface area contributed by atoms with E-state index in [9.17, 15) is 4.79 Å². The molecule has 0 aliphatic rings. The van der Waals surface area contributed by atoms with Crippen molar-refractivity contribution in [1.29, 1.82) is 0 Å². The van der Waals surface area contributed by atoms with E-state index in [1.54, 1.807) is 6.92 Å². The fourth-order valence-electron chi connectivity index (χ4n) is 1.76. The normalized spacial score (nSPS) is 14.6. The van der Waals surface area contributed by atoms with Gasteiger partial charge >= 0.3 is 0 Å². The Kier molecular flexibility index (Phi) is 4.74. The number of ketones is 1. The number of benzene rings is 1. The molecular formula is C13H16Br2O. The first-order chi connectivity index (χ1) is 7.34. The molecule has 2 unspecified atom stereocenters. The first kappa shape index (κ1) is 13.9. The SMILES string of the molecule is CC(=O)C(Br)C(C)c1cc(C)c(Br)c(C)c1. The number of halogens is 2. The van der Waals surface area contributed by atoms with Crippen molar-refractivity contribution in [3.63, 3.8) is 0 Å². The molecule has 0 spiro atoms. The summed E-state index contributed by atoms with van der Waals surface area (Å²) in [6.07, 6.45) is 0. The van der Waals surface area contributed by atoms with Crippen LogP contribution in [0.3, 0.4) is 0 Å². The Morgan fingerprint density at radius 2 is 1.69 bits per heavy atom. The molecule has 2 atom stereocenters. The zero-order chi connectivity index (χ0) is 12.5. The zero-order valence-corrected chi connectivity index (χ0v) is 13.1. The molecule has 88 valence electrons. The van der Waals surface area contributed by atoms with E-state index in [0.717, 1.165) is 4.47 Å². The molecule has 16 heavy (non-hydrogen) atoms. The lowest BCUT2D eigenvalue weighted by Gasteiger charge is -2.18. The van der Waals surface area contributed by atoms with Crippen LogP contribution in [0.15, 0.2) is 16.6 Å². The molecular weight excluding hydrogens is 332 g/mol. The summed E-state index contributed by atoms with van der Waals surface area (Å²) in [5.41, 5.74) is 3.63. The van der Waals surface area contributed by atoms with Gasteiger partial charge in [0.05, 0.1) is 4.83 Å². The number of alkyl halides is 1. The van der Waals surface area contributed by atoms with Gasteiger partial charge in [-0.1, -0.05) is 50.9 Å². The maximum atomic E-state index is 11.3. The van der Waals surface area contributed by atoms with Crippen LogP contribution in [-0.2, 0) is 4.79 Å². The van der Waals surface area contributed by atoms with Crippen molar-refractivity contribution in [2.24, 2.45) is 0 Å². The van der Waals surface area contributed by atoms with Crippen LogP contribution in [0.2, 0.25) is 0 Å². The highest BCUT2D eigenvalue weighted by atomic mass is 79.9. The van der Waals surface area contributed by atoms with E-state index < -0.39 is 0 Å². The molecule has 0 N–H and O–H groups in total. The van der Waals surface area contributed by atoms with Gasteiger partial charge in [-0.2, -0.15) is 0 Å². The number of carbonyl (C=O) groups is 1. The highest BCUT2D eigenvalue weighted by Gasteiger charge is 2.20. The van der Waals surface area contributed by atoms with Gasteiger partial charge in [0, 0.05) is 10.4 Å². The monoisotopic (exact) mass is 346 g/mol. The summed E-state index contributed by atoms with van der Waals surface area (Å²) in [7, 11) is 0. The third-order valence-corrected chi connectivity index (χ3v) is 5.50. The molecule has 0 aliphatic heterocycles. The van der Waals surface area contributed by atoms with Crippen molar-refractivity contribution in [2.75, 3.05) is 0 Å². The Hall–Kier alpha value is -0.150. The van der Waals surface area contributed by atoms with Crippen molar-refractivity contribution in [3.05, 3.63) is 33.3 Å². The fraction of sp³-hybridized carbons (Fsp3) is 0.462. The maximum Gasteiger partial charge on any atom is 0.144 e. The second-order valence-electron chi connectivity index (χ2n) is 4.27. The smallest absolute Gasteiger partial charge is 0.144 e. The number of hydrogen-bond donors (Lipinski definition) is 0. The lowest BCUT2D eigenvalue weighted by atomic mass is 9.93. The maximum absolute atomic E-state index is 11.3. The van der Waals surface area contributed by atoms with Crippen molar-refractivity contribution >= 4 is 37.6 Å². The van der Waals surface area contributed by atoms with E-state index in [1.165, 1.54) is 16.7 Å². The predicted octanol–water partition coefficient (Wildman–Crippen LogP) is 4.52. The van der Waals surface area contributed by atoms with Crippen molar-refractivity contribution in [2.45, 2.75) is 38.4 Å². The summed E-state index contributed by atoms with van der Waals surface area (Å²) in [4.78, 5) is 11.2. The summed E-state index contributed by atoms with van der Waals surface area (Å²) in [6.45, 7) is 7.84. The van der Waals surface area contributed by atoms with Crippen LogP contribution in [0.25, 0.3) is 0 Å². The molecule has 0 saturated carbocycles. The van der Waals surface area contributed by atoms with Gasteiger partial charge < -0.3 is 0 Å². The Bertz CT molecular complexity index is 389. The van der Waals surface area contributed by atoms with E-state index in [-0.39, 0.29) is 16.5 Å². The van der Waals surface area contributed by atoms with Crippen molar-refractivity contribution in [3.8, 4) is 0 Å². The third-order valence-electron chi connectivity index (χ3n) is 2.81. The standard InChI is InChI=1S/C13H16Br2O/c1-7-5-11(6-8(2)12(7)14)9(3)13(15)10(4)16/h5-6,9,13H,1-4H3. The lowest BCUT2D eigenvalue weighted by molar-refractivity contribution is -0.116. The number of hydrogen-bond acceptors (Lipinski definition) is 1. The third kappa shape index (κ3) is 2.95. The van der Waals surface area contributed by atoms with Crippen LogP contribution >= 0.6 is 31.9 Å².